The lowest BCUT2D eigenvalue weighted by Gasteiger charge is -2.08. The van der Waals surface area contributed by atoms with Gasteiger partial charge in [0.1, 0.15) is 0 Å². The molecule has 0 saturated carbocycles. The highest BCUT2D eigenvalue weighted by molar-refractivity contribution is 6.17. The van der Waals surface area contributed by atoms with Crippen LogP contribution in [0.15, 0.2) is 24.3 Å². The Morgan fingerprint density at radius 3 is 2.10 bits per heavy atom. The minimum atomic E-state index is -4.11. The van der Waals surface area contributed by atoms with Crippen molar-refractivity contribution in [3.05, 3.63) is 35.4 Å². The van der Waals surface area contributed by atoms with E-state index in [0.717, 1.165) is 5.56 Å². The summed E-state index contributed by atoms with van der Waals surface area (Å²) < 4.78 is 46.7. The molecule has 1 rings (SSSR count). The van der Waals surface area contributed by atoms with Gasteiger partial charge in [-0.3, -0.25) is 0 Å². The van der Waals surface area contributed by atoms with E-state index in [1.165, 1.54) is 0 Å². The monoisotopic (exact) mass is 310 g/mol. The van der Waals surface area contributed by atoms with E-state index in [0.29, 0.717) is 37.9 Å². The van der Waals surface area contributed by atoms with Crippen LogP contribution in [-0.4, -0.2) is 31.9 Å². The predicted octanol–water partition coefficient (Wildman–Crippen LogP) is 3.95. The molecule has 0 unspecified atom stereocenters. The largest absolute Gasteiger partial charge is 0.389 e. The molecule has 1 aromatic carbocycles. The molecule has 114 valence electrons. The van der Waals surface area contributed by atoms with Gasteiger partial charge in [-0.2, -0.15) is 13.2 Å². The summed E-state index contributed by atoms with van der Waals surface area (Å²) in [5.41, 5.74) is 1.61. The smallest absolute Gasteiger partial charge is 0.378 e. The number of rotatable bonds is 9. The van der Waals surface area contributed by atoms with Crippen molar-refractivity contribution < 1.29 is 22.6 Å². The van der Waals surface area contributed by atoms with Crippen LogP contribution in [0.3, 0.4) is 0 Å². The summed E-state index contributed by atoms with van der Waals surface area (Å²) in [7, 11) is 0. The van der Waals surface area contributed by atoms with Gasteiger partial charge in [0, 0.05) is 12.3 Å². The summed E-state index contributed by atoms with van der Waals surface area (Å²) in [6.07, 6.45) is -4.89. The fourth-order valence-electron chi connectivity index (χ4n) is 1.55. The zero-order valence-electron chi connectivity index (χ0n) is 11.1. The standard InChI is InChI=1S/C14H18ClF3O2/c15-7-8-19-9-10-20-11-13-3-1-12(2-4-13)5-6-14(16,17)18/h1-4H,5-11H2. The van der Waals surface area contributed by atoms with Gasteiger partial charge in [-0.1, -0.05) is 24.3 Å². The molecule has 0 atom stereocenters. The van der Waals surface area contributed by atoms with E-state index in [9.17, 15) is 13.2 Å². The summed E-state index contributed by atoms with van der Waals surface area (Å²) in [4.78, 5) is 0. The van der Waals surface area contributed by atoms with Gasteiger partial charge in [0.05, 0.1) is 26.4 Å². The second kappa shape index (κ2) is 9.21. The van der Waals surface area contributed by atoms with Crippen molar-refractivity contribution in [3.63, 3.8) is 0 Å². The molecule has 0 fully saturated rings. The Balaban J connectivity index is 2.21. The van der Waals surface area contributed by atoms with Crippen LogP contribution >= 0.6 is 11.6 Å². The van der Waals surface area contributed by atoms with Crippen LogP contribution in [-0.2, 0) is 22.5 Å². The molecule has 0 spiro atoms. The van der Waals surface area contributed by atoms with Crippen LogP contribution < -0.4 is 0 Å². The first-order valence-electron chi connectivity index (χ1n) is 6.37. The van der Waals surface area contributed by atoms with E-state index in [2.05, 4.69) is 0 Å². The van der Waals surface area contributed by atoms with E-state index in [1.807, 2.05) is 0 Å². The molecule has 0 aromatic heterocycles. The van der Waals surface area contributed by atoms with Crippen LogP contribution in [0.4, 0.5) is 13.2 Å². The van der Waals surface area contributed by atoms with E-state index in [-0.39, 0.29) is 6.42 Å². The molecule has 20 heavy (non-hydrogen) atoms. The SMILES string of the molecule is FC(F)(F)CCc1ccc(COCCOCCCl)cc1. The Labute approximate surface area is 121 Å². The third kappa shape index (κ3) is 8.40. The molecular formula is C14H18ClF3O2. The van der Waals surface area contributed by atoms with E-state index in [4.69, 9.17) is 21.1 Å². The Hall–Kier alpha value is -0.780. The Morgan fingerprint density at radius 1 is 0.900 bits per heavy atom. The number of alkyl halides is 4. The predicted molar refractivity (Wildman–Crippen MR) is 72.0 cm³/mol. The normalized spacial score (nSPS) is 11.8. The molecule has 6 heteroatoms. The first kappa shape index (κ1) is 17.3. The zero-order chi connectivity index (χ0) is 14.8. The number of benzene rings is 1. The maximum absolute atomic E-state index is 12.1. The van der Waals surface area contributed by atoms with Crippen LogP contribution in [0.5, 0.6) is 0 Å². The van der Waals surface area contributed by atoms with Crippen LogP contribution in [0, 0.1) is 0 Å². The minimum absolute atomic E-state index is 0.0108. The minimum Gasteiger partial charge on any atom is -0.378 e. The molecule has 0 bridgehead atoms. The highest BCUT2D eigenvalue weighted by atomic mass is 35.5. The average molecular weight is 311 g/mol. The van der Waals surface area contributed by atoms with E-state index < -0.39 is 12.6 Å². The highest BCUT2D eigenvalue weighted by Crippen LogP contribution is 2.22. The zero-order valence-corrected chi connectivity index (χ0v) is 11.8. The van der Waals surface area contributed by atoms with Gasteiger partial charge in [-0.05, 0) is 17.5 Å². The first-order valence-corrected chi connectivity index (χ1v) is 6.91. The lowest BCUT2D eigenvalue weighted by Crippen LogP contribution is -2.08. The number of halogens is 4. The maximum Gasteiger partial charge on any atom is 0.389 e. The molecule has 0 heterocycles. The Kier molecular flexibility index (Phi) is 7.95. The van der Waals surface area contributed by atoms with Gasteiger partial charge < -0.3 is 9.47 Å². The van der Waals surface area contributed by atoms with Crippen molar-refractivity contribution in [2.75, 3.05) is 25.7 Å². The molecule has 0 amide bonds. The third-order valence-corrected chi connectivity index (χ3v) is 2.74. The first-order chi connectivity index (χ1) is 9.51. The lowest BCUT2D eigenvalue weighted by atomic mass is 10.1. The van der Waals surface area contributed by atoms with Crippen LogP contribution in [0.25, 0.3) is 0 Å². The number of hydrogen-bond acceptors (Lipinski definition) is 2. The molecular weight excluding hydrogens is 293 g/mol. The van der Waals surface area contributed by atoms with Gasteiger partial charge in [0.2, 0.25) is 0 Å². The summed E-state index contributed by atoms with van der Waals surface area (Å²) in [5, 5.41) is 0. The summed E-state index contributed by atoms with van der Waals surface area (Å²) >= 11 is 5.44. The molecule has 0 aliphatic heterocycles. The fourth-order valence-corrected chi connectivity index (χ4v) is 1.66. The van der Waals surface area contributed by atoms with Crippen LogP contribution in [0.1, 0.15) is 17.5 Å². The van der Waals surface area contributed by atoms with E-state index in [1.54, 1.807) is 24.3 Å². The van der Waals surface area contributed by atoms with Crippen molar-refractivity contribution in [2.24, 2.45) is 0 Å². The molecule has 0 N–H and O–H groups in total. The van der Waals surface area contributed by atoms with Crippen molar-refractivity contribution in [1.29, 1.82) is 0 Å². The quantitative estimate of drug-likeness (QED) is 0.508. The van der Waals surface area contributed by atoms with E-state index >= 15 is 0 Å². The third-order valence-electron chi connectivity index (χ3n) is 2.58. The van der Waals surface area contributed by atoms with Gasteiger partial charge in [0.15, 0.2) is 0 Å². The molecule has 0 aliphatic rings. The molecule has 0 radical (unpaired) electrons. The summed E-state index contributed by atoms with van der Waals surface area (Å²) in [5.74, 6) is 0.458. The molecule has 2 nitrogen and oxygen atoms in total. The molecule has 0 aliphatic carbocycles. The molecule has 0 saturated heterocycles. The summed E-state index contributed by atoms with van der Waals surface area (Å²) in [6.45, 7) is 1.87. The van der Waals surface area contributed by atoms with Gasteiger partial charge in [-0.25, -0.2) is 0 Å². The van der Waals surface area contributed by atoms with Gasteiger partial charge in [-0.15, -0.1) is 11.6 Å². The van der Waals surface area contributed by atoms with Gasteiger partial charge >= 0.3 is 6.18 Å². The maximum atomic E-state index is 12.1. The average Bonchev–Trinajstić information content (AvgIpc) is 2.41. The topological polar surface area (TPSA) is 18.5 Å². The van der Waals surface area contributed by atoms with Gasteiger partial charge in [0.25, 0.3) is 0 Å². The second-order valence-electron chi connectivity index (χ2n) is 4.29. The fraction of sp³-hybridized carbons (Fsp3) is 0.571. The van der Waals surface area contributed by atoms with Crippen molar-refractivity contribution in [3.8, 4) is 0 Å². The Bertz CT molecular complexity index is 366. The number of aryl methyl sites for hydroxylation is 1. The molecule has 1 aromatic rings. The highest BCUT2D eigenvalue weighted by Gasteiger charge is 2.26. The lowest BCUT2D eigenvalue weighted by molar-refractivity contribution is -0.133. The Morgan fingerprint density at radius 2 is 1.50 bits per heavy atom. The number of ether oxygens (including phenoxy) is 2. The number of hydrogen-bond donors (Lipinski definition) is 0. The second-order valence-corrected chi connectivity index (χ2v) is 4.66. The van der Waals surface area contributed by atoms with Crippen molar-refractivity contribution in [2.45, 2.75) is 25.6 Å². The van der Waals surface area contributed by atoms with Crippen molar-refractivity contribution in [1.82, 2.24) is 0 Å². The van der Waals surface area contributed by atoms with Crippen molar-refractivity contribution >= 4 is 11.6 Å². The summed E-state index contributed by atoms with van der Waals surface area (Å²) in [6, 6.07) is 6.97. The van der Waals surface area contributed by atoms with Crippen LogP contribution in [0.2, 0.25) is 0 Å².